The van der Waals surface area contributed by atoms with Gasteiger partial charge in [0.15, 0.2) is 0 Å². The van der Waals surface area contributed by atoms with E-state index in [4.69, 9.17) is 0 Å². The lowest BCUT2D eigenvalue weighted by atomic mass is 9.89. The maximum absolute atomic E-state index is 13.3. The van der Waals surface area contributed by atoms with Crippen LogP contribution in [0, 0.1) is 11.6 Å². The molecule has 1 aromatic carbocycles. The van der Waals surface area contributed by atoms with E-state index in [1.807, 2.05) is 13.8 Å². The fraction of sp³-hybridized carbons (Fsp3) is 0.647. The number of aliphatic hydroxyl groups excluding tert-OH is 1. The Bertz CT molecular complexity index is 448. The van der Waals surface area contributed by atoms with Gasteiger partial charge in [-0.05, 0) is 57.5 Å². The average Bonchev–Trinajstić information content (AvgIpc) is 2.66. The number of hydrogen-bond acceptors (Lipinski definition) is 2. The van der Waals surface area contributed by atoms with Crippen LogP contribution in [0.4, 0.5) is 8.78 Å². The van der Waals surface area contributed by atoms with Gasteiger partial charge in [0.2, 0.25) is 0 Å². The number of benzene rings is 1. The molecule has 1 fully saturated rings. The summed E-state index contributed by atoms with van der Waals surface area (Å²) in [5.41, 5.74) is 0.107. The van der Waals surface area contributed by atoms with Crippen molar-refractivity contribution in [2.75, 3.05) is 13.1 Å². The fourth-order valence-electron chi connectivity index (χ4n) is 3.06. The Kier molecular flexibility index (Phi) is 5.33. The zero-order valence-electron chi connectivity index (χ0n) is 12.9. The summed E-state index contributed by atoms with van der Waals surface area (Å²) >= 11 is 0. The molecule has 1 atom stereocenters. The summed E-state index contributed by atoms with van der Waals surface area (Å²) in [5, 5.41) is 10.6. The van der Waals surface area contributed by atoms with Crippen molar-refractivity contribution in [2.24, 2.45) is 0 Å². The average molecular weight is 297 g/mol. The van der Waals surface area contributed by atoms with Crippen LogP contribution in [0.3, 0.4) is 0 Å². The number of hydrogen-bond donors (Lipinski definition) is 1. The smallest absolute Gasteiger partial charge is 0.126 e. The highest BCUT2D eigenvalue weighted by Crippen LogP contribution is 2.26. The van der Waals surface area contributed by atoms with Gasteiger partial charge in [-0.3, -0.25) is 4.90 Å². The molecule has 118 valence electrons. The highest BCUT2D eigenvalue weighted by Gasteiger charge is 2.34. The predicted octanol–water partition coefficient (Wildman–Crippen LogP) is 3.52. The summed E-state index contributed by atoms with van der Waals surface area (Å²) < 4.78 is 26.5. The van der Waals surface area contributed by atoms with E-state index in [1.165, 1.54) is 25.0 Å². The summed E-state index contributed by atoms with van der Waals surface area (Å²) in [6, 6.07) is 3.45. The third kappa shape index (κ3) is 4.24. The molecular weight excluding hydrogens is 272 g/mol. The van der Waals surface area contributed by atoms with E-state index in [9.17, 15) is 13.9 Å². The van der Waals surface area contributed by atoms with Gasteiger partial charge in [-0.1, -0.05) is 12.8 Å². The van der Waals surface area contributed by atoms with Crippen molar-refractivity contribution in [1.82, 2.24) is 4.90 Å². The zero-order chi connectivity index (χ0) is 15.5. The second-order valence-corrected chi connectivity index (χ2v) is 6.55. The van der Waals surface area contributed by atoms with Crippen LogP contribution in [0.1, 0.15) is 45.1 Å². The first-order valence-electron chi connectivity index (χ1n) is 7.77. The van der Waals surface area contributed by atoms with Crippen LogP contribution in [-0.2, 0) is 6.42 Å². The van der Waals surface area contributed by atoms with Crippen LogP contribution in [0.25, 0.3) is 0 Å². The maximum atomic E-state index is 13.3. The van der Waals surface area contributed by atoms with Crippen molar-refractivity contribution in [1.29, 1.82) is 0 Å². The lowest BCUT2D eigenvalue weighted by molar-refractivity contribution is -0.00791. The van der Waals surface area contributed by atoms with E-state index in [2.05, 4.69) is 4.90 Å². The van der Waals surface area contributed by atoms with E-state index >= 15 is 0 Å². The molecule has 0 saturated carbocycles. The molecule has 0 aliphatic carbocycles. The minimum atomic E-state index is -0.656. The predicted molar refractivity (Wildman–Crippen MR) is 80.2 cm³/mol. The standard InChI is InChI=1S/C17H25F2NO/c1-17(2,20-7-5-3-4-6-8-20)16(21)11-13-9-14(18)12-15(19)10-13/h9-10,12,16,21H,3-8,11H2,1-2H3. The van der Waals surface area contributed by atoms with Crippen molar-refractivity contribution in [2.45, 2.75) is 57.6 Å². The van der Waals surface area contributed by atoms with E-state index in [0.29, 0.717) is 5.56 Å². The molecule has 0 aromatic heterocycles. The van der Waals surface area contributed by atoms with Gasteiger partial charge in [-0.25, -0.2) is 8.78 Å². The highest BCUT2D eigenvalue weighted by atomic mass is 19.1. The van der Waals surface area contributed by atoms with Crippen LogP contribution in [-0.4, -0.2) is 34.7 Å². The molecule has 21 heavy (non-hydrogen) atoms. The third-order valence-corrected chi connectivity index (χ3v) is 4.59. The Morgan fingerprint density at radius 2 is 1.57 bits per heavy atom. The maximum Gasteiger partial charge on any atom is 0.126 e. The molecule has 1 aliphatic heterocycles. The Morgan fingerprint density at radius 1 is 1.05 bits per heavy atom. The Labute approximate surface area is 125 Å². The second-order valence-electron chi connectivity index (χ2n) is 6.55. The lowest BCUT2D eigenvalue weighted by Crippen LogP contribution is -2.53. The third-order valence-electron chi connectivity index (χ3n) is 4.59. The van der Waals surface area contributed by atoms with Gasteiger partial charge in [0.25, 0.3) is 0 Å². The number of nitrogens with zero attached hydrogens (tertiary/aromatic N) is 1. The first-order chi connectivity index (χ1) is 9.89. The quantitative estimate of drug-likeness (QED) is 0.919. The van der Waals surface area contributed by atoms with E-state index in [1.54, 1.807) is 0 Å². The number of likely N-dealkylation sites (tertiary alicyclic amines) is 1. The molecule has 1 N–H and O–H groups in total. The summed E-state index contributed by atoms with van der Waals surface area (Å²) in [6.07, 6.45) is 4.36. The molecule has 0 spiro atoms. The monoisotopic (exact) mass is 297 g/mol. The zero-order valence-corrected chi connectivity index (χ0v) is 12.9. The van der Waals surface area contributed by atoms with Gasteiger partial charge in [0.05, 0.1) is 6.10 Å². The number of halogens is 2. The molecule has 1 saturated heterocycles. The Morgan fingerprint density at radius 3 is 2.10 bits per heavy atom. The summed E-state index contributed by atoms with van der Waals surface area (Å²) in [4.78, 5) is 2.31. The first-order valence-corrected chi connectivity index (χ1v) is 7.77. The number of rotatable bonds is 4. The van der Waals surface area contributed by atoms with Gasteiger partial charge in [-0.15, -0.1) is 0 Å². The lowest BCUT2D eigenvalue weighted by Gasteiger charge is -2.41. The molecule has 0 radical (unpaired) electrons. The molecule has 0 amide bonds. The molecule has 1 aromatic rings. The molecule has 1 aliphatic rings. The van der Waals surface area contributed by atoms with Crippen molar-refractivity contribution < 1.29 is 13.9 Å². The normalized spacial score (nSPS) is 19.3. The molecule has 1 heterocycles. The minimum Gasteiger partial charge on any atom is -0.391 e. The topological polar surface area (TPSA) is 23.5 Å². The summed E-state index contributed by atoms with van der Waals surface area (Å²) in [5.74, 6) is -1.19. The molecule has 2 rings (SSSR count). The van der Waals surface area contributed by atoms with Gasteiger partial charge in [0, 0.05) is 18.0 Å². The van der Waals surface area contributed by atoms with Gasteiger partial charge in [0.1, 0.15) is 11.6 Å². The molecular formula is C17H25F2NO. The minimum absolute atomic E-state index is 0.262. The second kappa shape index (κ2) is 6.84. The first kappa shape index (κ1) is 16.4. The largest absolute Gasteiger partial charge is 0.391 e. The van der Waals surface area contributed by atoms with Crippen molar-refractivity contribution in [3.8, 4) is 0 Å². The van der Waals surface area contributed by atoms with E-state index in [-0.39, 0.29) is 6.42 Å². The SMILES string of the molecule is CC(C)(C(O)Cc1cc(F)cc(F)c1)N1CCCCCC1. The van der Waals surface area contributed by atoms with Crippen molar-refractivity contribution in [3.63, 3.8) is 0 Å². The fourth-order valence-corrected chi connectivity index (χ4v) is 3.06. The van der Waals surface area contributed by atoms with Crippen LogP contribution >= 0.6 is 0 Å². The van der Waals surface area contributed by atoms with Crippen LogP contribution < -0.4 is 0 Å². The molecule has 2 nitrogen and oxygen atoms in total. The highest BCUT2D eigenvalue weighted by molar-refractivity contribution is 5.19. The molecule has 1 unspecified atom stereocenters. The van der Waals surface area contributed by atoms with Gasteiger partial charge >= 0.3 is 0 Å². The summed E-state index contributed by atoms with van der Waals surface area (Å²) in [6.45, 7) is 5.97. The molecule has 4 heteroatoms. The van der Waals surface area contributed by atoms with Gasteiger partial charge in [-0.2, -0.15) is 0 Å². The van der Waals surface area contributed by atoms with Gasteiger partial charge < -0.3 is 5.11 Å². The van der Waals surface area contributed by atoms with Crippen molar-refractivity contribution in [3.05, 3.63) is 35.4 Å². The Balaban J connectivity index is 2.07. The van der Waals surface area contributed by atoms with Crippen LogP contribution in [0.5, 0.6) is 0 Å². The van der Waals surface area contributed by atoms with E-state index < -0.39 is 23.3 Å². The van der Waals surface area contributed by atoms with Crippen LogP contribution in [0.2, 0.25) is 0 Å². The van der Waals surface area contributed by atoms with Crippen molar-refractivity contribution >= 4 is 0 Å². The summed E-state index contributed by atoms with van der Waals surface area (Å²) in [7, 11) is 0. The Hall–Kier alpha value is -1.00. The molecule has 0 bridgehead atoms. The number of aliphatic hydroxyl groups is 1. The van der Waals surface area contributed by atoms with E-state index in [0.717, 1.165) is 32.0 Å². The van der Waals surface area contributed by atoms with Crippen LogP contribution in [0.15, 0.2) is 18.2 Å².